The molecule has 1 aliphatic heterocycles. The Morgan fingerprint density at radius 2 is 1.96 bits per heavy atom. The Bertz CT molecular complexity index is 804. The number of rotatable bonds is 7. The smallest absolute Gasteiger partial charge is 0.267 e. The van der Waals surface area contributed by atoms with Crippen molar-refractivity contribution in [3.63, 3.8) is 0 Å². The van der Waals surface area contributed by atoms with E-state index in [0.29, 0.717) is 30.8 Å². The summed E-state index contributed by atoms with van der Waals surface area (Å²) in [6, 6.07) is 15.4. The number of hydrogen-bond acceptors (Lipinski definition) is 3. The molecule has 0 spiro atoms. The summed E-state index contributed by atoms with van der Waals surface area (Å²) in [6.07, 6.45) is 2.54. The predicted octanol–water partition coefficient (Wildman–Crippen LogP) is 4.17. The van der Waals surface area contributed by atoms with Gasteiger partial charge in [0.2, 0.25) is 5.91 Å². The minimum Gasteiger partial charge on any atom is -0.479 e. The normalized spacial score (nSPS) is 15.9. The third kappa shape index (κ3) is 4.67. The van der Waals surface area contributed by atoms with Gasteiger partial charge < -0.3 is 15.0 Å². The maximum atomic E-state index is 12.5. The van der Waals surface area contributed by atoms with Crippen molar-refractivity contribution in [2.24, 2.45) is 0 Å². The fourth-order valence-corrected chi connectivity index (χ4v) is 3.16. The van der Waals surface area contributed by atoms with Gasteiger partial charge in [-0.05, 0) is 43.5 Å². The fourth-order valence-electron chi connectivity index (χ4n) is 3.16. The molecule has 0 aromatic heterocycles. The Hall–Kier alpha value is -2.82. The van der Waals surface area contributed by atoms with Crippen LogP contribution in [0.15, 0.2) is 48.5 Å². The third-order valence-electron chi connectivity index (χ3n) is 4.67. The van der Waals surface area contributed by atoms with Crippen LogP contribution in [0.2, 0.25) is 0 Å². The van der Waals surface area contributed by atoms with E-state index >= 15 is 0 Å². The van der Waals surface area contributed by atoms with E-state index in [1.807, 2.05) is 48.5 Å². The average molecular weight is 366 g/mol. The molecule has 2 aromatic carbocycles. The molecule has 1 unspecified atom stereocenters. The lowest BCUT2D eigenvalue weighted by Crippen LogP contribution is -2.44. The van der Waals surface area contributed by atoms with Crippen LogP contribution in [0, 0.1) is 0 Å². The van der Waals surface area contributed by atoms with Crippen LogP contribution in [0.5, 0.6) is 5.75 Å². The summed E-state index contributed by atoms with van der Waals surface area (Å²) in [7, 11) is 0. The molecule has 1 heterocycles. The van der Waals surface area contributed by atoms with Crippen LogP contribution in [0.25, 0.3) is 0 Å². The van der Waals surface area contributed by atoms with Crippen molar-refractivity contribution in [3.05, 3.63) is 54.1 Å². The molecule has 0 saturated heterocycles. The molecule has 3 rings (SSSR count). The van der Waals surface area contributed by atoms with E-state index in [9.17, 15) is 9.59 Å². The number of nitrogens with zero attached hydrogens (tertiary/aromatic N) is 1. The highest BCUT2D eigenvalue weighted by molar-refractivity contribution is 6.01. The highest BCUT2D eigenvalue weighted by Gasteiger charge is 2.31. The number of unbranched alkanes of at least 4 members (excludes halogenated alkanes) is 1. The summed E-state index contributed by atoms with van der Waals surface area (Å²) in [5, 5.41) is 2.93. The largest absolute Gasteiger partial charge is 0.479 e. The molecule has 142 valence electrons. The predicted molar refractivity (Wildman–Crippen MR) is 107 cm³/mol. The summed E-state index contributed by atoms with van der Waals surface area (Å²) in [5.74, 6) is 0.597. The van der Waals surface area contributed by atoms with Crippen LogP contribution < -0.4 is 15.0 Å². The standard InChI is InChI=1S/C22H26N2O3/c1-3-4-14-24-19-15-18(11-12-20(19)27-16(2)22(24)26)23-21(25)13-10-17-8-6-5-7-9-17/h5-9,11-12,15-16H,3-4,10,13-14H2,1-2H3,(H,23,25). The Kier molecular flexibility index (Phi) is 6.12. The molecule has 0 aliphatic carbocycles. The highest BCUT2D eigenvalue weighted by Crippen LogP contribution is 2.36. The van der Waals surface area contributed by atoms with Gasteiger partial charge in [-0.1, -0.05) is 43.7 Å². The second-order valence-electron chi connectivity index (χ2n) is 6.82. The summed E-state index contributed by atoms with van der Waals surface area (Å²) in [4.78, 5) is 26.6. The second kappa shape index (κ2) is 8.71. The van der Waals surface area contributed by atoms with Gasteiger partial charge in [-0.2, -0.15) is 0 Å². The molecule has 0 radical (unpaired) electrons. The van der Waals surface area contributed by atoms with Crippen molar-refractivity contribution < 1.29 is 14.3 Å². The average Bonchev–Trinajstić information content (AvgIpc) is 2.68. The van der Waals surface area contributed by atoms with Crippen molar-refractivity contribution in [3.8, 4) is 5.75 Å². The zero-order valence-corrected chi connectivity index (χ0v) is 15.9. The quantitative estimate of drug-likeness (QED) is 0.800. The summed E-state index contributed by atoms with van der Waals surface area (Å²) < 4.78 is 5.72. The molecule has 1 atom stereocenters. The van der Waals surface area contributed by atoms with Crippen molar-refractivity contribution in [1.82, 2.24) is 0 Å². The van der Waals surface area contributed by atoms with Gasteiger partial charge in [0.05, 0.1) is 5.69 Å². The monoisotopic (exact) mass is 366 g/mol. The first-order chi connectivity index (χ1) is 13.1. The molecule has 0 fully saturated rings. The van der Waals surface area contributed by atoms with Gasteiger partial charge in [0.1, 0.15) is 5.75 Å². The number of anilines is 2. The molecule has 2 aromatic rings. The lowest BCUT2D eigenvalue weighted by molar-refractivity contribution is -0.125. The van der Waals surface area contributed by atoms with Crippen LogP contribution >= 0.6 is 0 Å². The van der Waals surface area contributed by atoms with Crippen molar-refractivity contribution >= 4 is 23.2 Å². The first-order valence-electron chi connectivity index (χ1n) is 9.54. The molecule has 2 amide bonds. The molecule has 27 heavy (non-hydrogen) atoms. The molecule has 0 bridgehead atoms. The second-order valence-corrected chi connectivity index (χ2v) is 6.82. The van der Waals surface area contributed by atoms with Crippen molar-refractivity contribution in [2.45, 2.75) is 45.6 Å². The van der Waals surface area contributed by atoms with E-state index in [1.54, 1.807) is 11.8 Å². The Morgan fingerprint density at radius 3 is 2.70 bits per heavy atom. The summed E-state index contributed by atoms with van der Waals surface area (Å²) >= 11 is 0. The van der Waals surface area contributed by atoms with Gasteiger partial charge >= 0.3 is 0 Å². The molecule has 5 nitrogen and oxygen atoms in total. The van der Waals surface area contributed by atoms with Crippen molar-refractivity contribution in [1.29, 1.82) is 0 Å². The van der Waals surface area contributed by atoms with E-state index in [-0.39, 0.29) is 11.8 Å². The van der Waals surface area contributed by atoms with Gasteiger partial charge in [-0.25, -0.2) is 0 Å². The fraction of sp³-hybridized carbons (Fsp3) is 0.364. The zero-order valence-electron chi connectivity index (χ0n) is 15.9. The van der Waals surface area contributed by atoms with Crippen LogP contribution in [0.4, 0.5) is 11.4 Å². The van der Waals surface area contributed by atoms with E-state index < -0.39 is 6.10 Å². The summed E-state index contributed by atoms with van der Waals surface area (Å²) in [6.45, 7) is 4.52. The van der Waals surface area contributed by atoms with E-state index in [1.165, 1.54) is 0 Å². The lowest BCUT2D eigenvalue weighted by Gasteiger charge is -2.33. The zero-order chi connectivity index (χ0) is 19.2. The van der Waals surface area contributed by atoms with Gasteiger partial charge in [0.25, 0.3) is 5.91 Å². The Morgan fingerprint density at radius 1 is 1.19 bits per heavy atom. The van der Waals surface area contributed by atoms with Gasteiger partial charge in [0.15, 0.2) is 6.10 Å². The van der Waals surface area contributed by atoms with E-state index in [4.69, 9.17) is 4.74 Å². The first kappa shape index (κ1) is 19.0. The number of carbonyl (C=O) groups is 2. The molecule has 5 heteroatoms. The third-order valence-corrected chi connectivity index (χ3v) is 4.67. The first-order valence-corrected chi connectivity index (χ1v) is 9.54. The number of nitrogens with one attached hydrogen (secondary N) is 1. The molecule has 1 aliphatic rings. The SMILES string of the molecule is CCCCN1C(=O)C(C)Oc2ccc(NC(=O)CCc3ccccc3)cc21. The van der Waals surface area contributed by atoms with E-state index in [0.717, 1.165) is 24.1 Å². The molecule has 1 N–H and O–H groups in total. The highest BCUT2D eigenvalue weighted by atomic mass is 16.5. The Labute approximate surface area is 160 Å². The minimum atomic E-state index is -0.485. The van der Waals surface area contributed by atoms with Gasteiger partial charge in [-0.3, -0.25) is 9.59 Å². The number of fused-ring (bicyclic) bond motifs is 1. The number of ether oxygens (including phenoxy) is 1. The molecular weight excluding hydrogens is 340 g/mol. The number of hydrogen-bond donors (Lipinski definition) is 1. The van der Waals surface area contributed by atoms with Crippen LogP contribution in [-0.2, 0) is 16.0 Å². The van der Waals surface area contributed by atoms with Gasteiger partial charge in [0, 0.05) is 18.7 Å². The maximum Gasteiger partial charge on any atom is 0.267 e. The van der Waals surface area contributed by atoms with Crippen molar-refractivity contribution in [2.75, 3.05) is 16.8 Å². The van der Waals surface area contributed by atoms with Crippen LogP contribution in [0.3, 0.4) is 0 Å². The van der Waals surface area contributed by atoms with E-state index in [2.05, 4.69) is 12.2 Å². The van der Waals surface area contributed by atoms with Gasteiger partial charge in [-0.15, -0.1) is 0 Å². The molecular formula is C22H26N2O3. The number of benzene rings is 2. The number of amides is 2. The minimum absolute atomic E-state index is 0.0384. The number of carbonyl (C=O) groups excluding carboxylic acids is 2. The lowest BCUT2D eigenvalue weighted by atomic mass is 10.1. The van der Waals surface area contributed by atoms with Crippen LogP contribution in [-0.4, -0.2) is 24.5 Å². The summed E-state index contributed by atoms with van der Waals surface area (Å²) in [5.41, 5.74) is 2.54. The maximum absolute atomic E-state index is 12.5. The Balaban J connectivity index is 1.69. The topological polar surface area (TPSA) is 58.6 Å². The van der Waals surface area contributed by atoms with Crippen LogP contribution in [0.1, 0.15) is 38.7 Å². The number of aryl methyl sites for hydroxylation is 1. The molecule has 0 saturated carbocycles.